The Hall–Kier alpha value is -1.44. The number of rotatable bonds is 23. The first-order valence-corrected chi connectivity index (χ1v) is 24.3. The van der Waals surface area contributed by atoms with Crippen LogP contribution in [0.3, 0.4) is 0 Å². The summed E-state index contributed by atoms with van der Waals surface area (Å²) in [6.45, 7) is 14.1. The monoisotopic (exact) mass is 758 g/mol. The zero-order chi connectivity index (χ0) is 34.9. The van der Waals surface area contributed by atoms with Crippen LogP contribution >= 0.6 is 65.0 Å². The molecule has 0 aromatic heterocycles. The van der Waals surface area contributed by atoms with Gasteiger partial charge in [0.2, 0.25) is 0 Å². The third-order valence-electron chi connectivity index (χ3n) is 7.45. The predicted molar refractivity (Wildman–Crippen MR) is 214 cm³/mol. The number of esters is 2. The molecule has 0 amide bonds. The second-order valence-corrected chi connectivity index (χ2v) is 23.8. The molecule has 6 nitrogen and oxygen atoms in total. The van der Waals surface area contributed by atoms with Crippen LogP contribution in [0.5, 0.6) is 11.5 Å². The summed E-state index contributed by atoms with van der Waals surface area (Å²) < 4.78 is 24.3. The standard InChI is InChI=1S/C35H50O6S6/c1-10-32(36)40-30(23-46-24-34(42-6)43-7)21-38-28-17-13-15-26(19-28)35(4,5)27-16-14-18-29(20-27)39-22-31(41-33(37)11-2)25-47(12-3,44-8)45-9/h10-11,13-20,30-31,34H,1-2,12,21-25H2,3-9H3. The summed E-state index contributed by atoms with van der Waals surface area (Å²) in [5.74, 6) is 3.87. The van der Waals surface area contributed by atoms with Crippen molar-refractivity contribution in [3.8, 4) is 11.5 Å². The van der Waals surface area contributed by atoms with Crippen LogP contribution in [-0.4, -0.2) is 90.0 Å². The van der Waals surface area contributed by atoms with Gasteiger partial charge in [-0.3, -0.25) is 0 Å². The van der Waals surface area contributed by atoms with E-state index in [1.54, 1.807) is 11.8 Å². The lowest BCUT2D eigenvalue weighted by Crippen LogP contribution is -2.30. The number of thioether (sulfide) groups is 3. The van der Waals surface area contributed by atoms with E-state index >= 15 is 0 Å². The van der Waals surface area contributed by atoms with Crippen LogP contribution in [0.4, 0.5) is 0 Å². The molecule has 2 aromatic carbocycles. The Morgan fingerprint density at radius 1 is 0.809 bits per heavy atom. The van der Waals surface area contributed by atoms with Gasteiger partial charge in [-0.15, -0.1) is 29.7 Å². The molecule has 0 saturated carbocycles. The number of hydrogen-bond acceptors (Lipinski definition) is 11. The summed E-state index contributed by atoms with van der Waals surface area (Å²) in [4.78, 5) is 24.2. The lowest BCUT2D eigenvalue weighted by atomic mass is 9.78. The van der Waals surface area contributed by atoms with Crippen molar-refractivity contribution >= 4 is 76.9 Å². The van der Waals surface area contributed by atoms with Gasteiger partial charge in [-0.2, -0.15) is 35.3 Å². The van der Waals surface area contributed by atoms with Gasteiger partial charge in [-0.05, 0) is 66.2 Å². The number of carbonyl (C=O) groups excluding carboxylic acids is 2. The van der Waals surface area contributed by atoms with Crippen LogP contribution in [0.2, 0.25) is 0 Å². The Morgan fingerprint density at radius 3 is 1.74 bits per heavy atom. The minimum atomic E-state index is -1.07. The highest BCUT2D eigenvalue weighted by molar-refractivity contribution is 9.24. The highest BCUT2D eigenvalue weighted by Crippen LogP contribution is 2.67. The van der Waals surface area contributed by atoms with Crippen molar-refractivity contribution in [2.45, 2.75) is 43.0 Å². The Balaban J connectivity index is 2.17. The lowest BCUT2D eigenvalue weighted by Gasteiger charge is -2.37. The maximum absolute atomic E-state index is 12.2. The number of benzene rings is 2. The number of carbonyl (C=O) groups is 2. The third kappa shape index (κ3) is 13.8. The van der Waals surface area contributed by atoms with Gasteiger partial charge in [-0.25, -0.2) is 9.59 Å². The summed E-state index contributed by atoms with van der Waals surface area (Å²) >= 11 is 5.39. The lowest BCUT2D eigenvalue weighted by molar-refractivity contribution is -0.144. The van der Waals surface area contributed by atoms with Gasteiger partial charge in [0.05, 0.1) is 4.58 Å². The summed E-state index contributed by atoms with van der Waals surface area (Å²) in [6, 6.07) is 16.1. The molecular formula is C35H50O6S6. The highest BCUT2D eigenvalue weighted by atomic mass is 33.6. The maximum Gasteiger partial charge on any atom is 0.330 e. The van der Waals surface area contributed by atoms with E-state index in [9.17, 15) is 9.59 Å². The van der Waals surface area contributed by atoms with Gasteiger partial charge < -0.3 is 18.9 Å². The van der Waals surface area contributed by atoms with Crippen molar-refractivity contribution in [3.05, 3.63) is 85.0 Å². The van der Waals surface area contributed by atoms with E-state index in [0.717, 1.165) is 28.4 Å². The van der Waals surface area contributed by atoms with Crippen molar-refractivity contribution in [2.24, 2.45) is 0 Å². The molecule has 47 heavy (non-hydrogen) atoms. The van der Waals surface area contributed by atoms with E-state index in [-0.39, 0.29) is 24.7 Å². The molecular weight excluding hydrogens is 709 g/mol. The Kier molecular flexibility index (Phi) is 19.2. The number of ether oxygens (including phenoxy) is 4. The molecule has 2 rings (SSSR count). The van der Waals surface area contributed by atoms with Crippen LogP contribution in [0.15, 0.2) is 73.8 Å². The van der Waals surface area contributed by atoms with Gasteiger partial charge >= 0.3 is 11.9 Å². The largest absolute Gasteiger partial charge is 0.490 e. The first-order valence-electron chi connectivity index (χ1n) is 15.2. The predicted octanol–water partition coefficient (Wildman–Crippen LogP) is 9.13. The van der Waals surface area contributed by atoms with E-state index < -0.39 is 26.1 Å². The van der Waals surface area contributed by atoms with Gasteiger partial charge in [0.15, 0.2) is 0 Å². The van der Waals surface area contributed by atoms with E-state index in [1.807, 2.05) is 81.5 Å². The normalized spacial score (nSPS) is 13.4. The Labute approximate surface area is 304 Å². The van der Waals surface area contributed by atoms with Crippen LogP contribution in [0.1, 0.15) is 31.9 Å². The van der Waals surface area contributed by atoms with Crippen LogP contribution in [0.25, 0.3) is 0 Å². The molecule has 0 radical (unpaired) electrons. The number of hydrogen-bond donors (Lipinski definition) is 0. The quantitative estimate of drug-likeness (QED) is 0.0472. The molecule has 0 aliphatic carbocycles. The molecule has 12 heteroatoms. The fourth-order valence-corrected chi connectivity index (χ4v) is 14.3. The van der Waals surface area contributed by atoms with E-state index in [2.05, 4.69) is 71.1 Å². The van der Waals surface area contributed by atoms with E-state index in [1.165, 1.54) is 12.2 Å². The molecule has 0 spiro atoms. The van der Waals surface area contributed by atoms with Gasteiger partial charge in [0.25, 0.3) is 0 Å². The summed E-state index contributed by atoms with van der Waals surface area (Å²) in [5, 5.41) is 0. The summed E-state index contributed by atoms with van der Waals surface area (Å²) in [6.07, 6.45) is 10.1. The topological polar surface area (TPSA) is 71.1 Å². The van der Waals surface area contributed by atoms with Crippen LogP contribution in [-0.2, 0) is 24.5 Å². The van der Waals surface area contributed by atoms with E-state index in [0.29, 0.717) is 21.8 Å². The molecule has 0 N–H and O–H groups in total. The fourth-order valence-electron chi connectivity index (χ4n) is 4.52. The molecule has 0 saturated heterocycles. The average Bonchev–Trinajstić information content (AvgIpc) is 3.10. The molecule has 262 valence electrons. The summed E-state index contributed by atoms with van der Waals surface area (Å²) in [5.41, 5.74) is 1.76. The van der Waals surface area contributed by atoms with Crippen molar-refractivity contribution in [2.75, 3.05) is 61.2 Å². The smallest absolute Gasteiger partial charge is 0.330 e. The molecule has 2 aromatic rings. The van der Waals surface area contributed by atoms with Crippen molar-refractivity contribution in [3.63, 3.8) is 0 Å². The third-order valence-corrected chi connectivity index (χ3v) is 22.9. The molecule has 0 heterocycles. The molecule has 0 aliphatic heterocycles. The van der Waals surface area contributed by atoms with Crippen molar-refractivity contribution in [1.29, 1.82) is 0 Å². The van der Waals surface area contributed by atoms with Crippen molar-refractivity contribution < 1.29 is 28.5 Å². The highest BCUT2D eigenvalue weighted by Gasteiger charge is 2.29. The van der Waals surface area contributed by atoms with Gasteiger partial charge in [0.1, 0.15) is 36.9 Å². The van der Waals surface area contributed by atoms with Crippen LogP contribution in [0, 0.1) is 0 Å². The zero-order valence-electron chi connectivity index (χ0n) is 28.6. The average molecular weight is 759 g/mol. The second-order valence-electron chi connectivity index (χ2n) is 10.8. The zero-order valence-corrected chi connectivity index (χ0v) is 33.5. The Bertz CT molecular complexity index is 1270. The van der Waals surface area contributed by atoms with Crippen LogP contribution < -0.4 is 9.47 Å². The van der Waals surface area contributed by atoms with Crippen molar-refractivity contribution in [1.82, 2.24) is 0 Å². The Morgan fingerprint density at radius 2 is 1.30 bits per heavy atom. The maximum atomic E-state index is 12.2. The molecule has 0 fully saturated rings. The minimum Gasteiger partial charge on any atom is -0.490 e. The SMILES string of the molecule is C=CC(=O)OC(COc1cccc(C(C)(C)c2cccc(OCC(CS(CC)(SC)SC)OC(=O)C=C)c2)c1)CSCC(SC)SC. The summed E-state index contributed by atoms with van der Waals surface area (Å²) in [7, 11) is 2.64. The molecule has 0 aliphatic rings. The fraction of sp³-hybridized carbons (Fsp3) is 0.486. The first-order chi connectivity index (χ1) is 22.5. The molecule has 2 unspecified atom stereocenters. The first kappa shape index (κ1) is 41.7. The van der Waals surface area contributed by atoms with Gasteiger partial charge in [0, 0.05) is 34.8 Å². The molecule has 0 bridgehead atoms. The van der Waals surface area contributed by atoms with Gasteiger partial charge in [-0.1, -0.05) is 58.2 Å². The second kappa shape index (κ2) is 21.6. The van der Waals surface area contributed by atoms with E-state index in [4.69, 9.17) is 18.9 Å². The molecule has 2 atom stereocenters. The minimum absolute atomic E-state index is 0.245.